The second-order valence-corrected chi connectivity index (χ2v) is 8.04. The van der Waals surface area contributed by atoms with Crippen molar-refractivity contribution in [2.75, 3.05) is 22.9 Å². The van der Waals surface area contributed by atoms with Crippen molar-refractivity contribution in [3.8, 4) is 0 Å². The normalized spacial score (nSPS) is 22.3. The summed E-state index contributed by atoms with van der Waals surface area (Å²) < 4.78 is 0. The summed E-state index contributed by atoms with van der Waals surface area (Å²) in [7, 11) is 0. The number of benzene rings is 1. The van der Waals surface area contributed by atoms with Crippen LogP contribution in [0, 0.1) is 0 Å². The van der Waals surface area contributed by atoms with Crippen LogP contribution in [0.5, 0.6) is 0 Å². The number of piperazine rings is 1. The molecule has 2 fully saturated rings. The van der Waals surface area contributed by atoms with Crippen LogP contribution >= 0.6 is 11.6 Å². The molecule has 2 aliphatic rings. The van der Waals surface area contributed by atoms with Gasteiger partial charge in [-0.2, -0.15) is 0 Å². The maximum Gasteiger partial charge on any atom is 0.252 e. The summed E-state index contributed by atoms with van der Waals surface area (Å²) in [5, 5.41) is 0.528. The fourth-order valence-electron chi connectivity index (χ4n) is 4.05. The highest BCUT2D eigenvalue weighted by Crippen LogP contribution is 2.39. The van der Waals surface area contributed by atoms with Crippen LogP contribution in [0.1, 0.15) is 20.3 Å². The third kappa shape index (κ3) is 3.15. The number of hydrogen-bond acceptors (Lipinski definition) is 4. The number of anilines is 2. The molecule has 8 heteroatoms. The first-order valence-corrected chi connectivity index (χ1v) is 9.82. The molecule has 0 saturated carbocycles. The van der Waals surface area contributed by atoms with Crippen LogP contribution in [0.15, 0.2) is 48.7 Å². The van der Waals surface area contributed by atoms with E-state index in [1.807, 2.05) is 13.8 Å². The lowest BCUT2D eigenvalue weighted by Gasteiger charge is -2.48. The molecule has 29 heavy (non-hydrogen) atoms. The summed E-state index contributed by atoms with van der Waals surface area (Å²) in [6.45, 7) is 3.76. The molecule has 1 unspecified atom stereocenters. The molecule has 1 aromatic carbocycles. The number of pyridine rings is 1. The number of halogens is 1. The summed E-state index contributed by atoms with van der Waals surface area (Å²) in [6, 6.07) is 11.9. The van der Waals surface area contributed by atoms with Crippen molar-refractivity contribution in [1.29, 1.82) is 0 Å². The van der Waals surface area contributed by atoms with Crippen molar-refractivity contribution in [1.82, 2.24) is 9.88 Å². The lowest BCUT2D eigenvalue weighted by molar-refractivity contribution is -0.148. The van der Waals surface area contributed by atoms with Gasteiger partial charge in [-0.15, -0.1) is 0 Å². The molecule has 0 radical (unpaired) electrons. The van der Waals surface area contributed by atoms with E-state index >= 15 is 0 Å². The minimum atomic E-state index is -1.32. The molecule has 150 valence electrons. The van der Waals surface area contributed by atoms with Crippen LogP contribution in [0.4, 0.5) is 11.5 Å². The lowest BCUT2D eigenvalue weighted by atomic mass is 9.89. The summed E-state index contributed by atoms with van der Waals surface area (Å²) in [5.74, 6) is -0.230. The maximum atomic E-state index is 13.6. The minimum Gasteiger partial charge on any atom is -0.329 e. The minimum absolute atomic E-state index is 0.0291. The standard InChI is InChI=1S/C21H21ClN4O3/c1-14(2)24-12-19(28)26(16-8-6-15(22)7-9-16)21(20(24)29)11-18(27)25(13-21)17-5-3-4-10-23-17/h3-10,14H,11-13H2,1-2H3. The maximum absolute atomic E-state index is 13.6. The van der Waals surface area contributed by atoms with Crippen LogP contribution in [0.2, 0.25) is 5.02 Å². The average molecular weight is 413 g/mol. The molecule has 1 aromatic heterocycles. The van der Waals surface area contributed by atoms with Crippen molar-refractivity contribution >= 4 is 40.8 Å². The summed E-state index contributed by atoms with van der Waals surface area (Å²) >= 11 is 6.01. The molecule has 1 spiro atoms. The van der Waals surface area contributed by atoms with Gasteiger partial charge in [-0.05, 0) is 50.2 Å². The van der Waals surface area contributed by atoms with Gasteiger partial charge in [0.15, 0.2) is 5.54 Å². The Balaban J connectivity index is 1.82. The number of rotatable bonds is 3. The smallest absolute Gasteiger partial charge is 0.252 e. The predicted molar refractivity (Wildman–Crippen MR) is 110 cm³/mol. The molecule has 2 aliphatic heterocycles. The van der Waals surface area contributed by atoms with Crippen LogP contribution in [-0.2, 0) is 14.4 Å². The Morgan fingerprint density at radius 2 is 1.76 bits per heavy atom. The van der Waals surface area contributed by atoms with Crippen LogP contribution in [-0.4, -0.2) is 52.3 Å². The predicted octanol–water partition coefficient (Wildman–Crippen LogP) is 2.49. The molecule has 3 amide bonds. The Bertz CT molecular complexity index is 964. The Hall–Kier alpha value is -2.93. The van der Waals surface area contributed by atoms with E-state index in [1.54, 1.807) is 53.6 Å². The number of hydrogen-bond donors (Lipinski definition) is 0. The highest BCUT2D eigenvalue weighted by molar-refractivity contribution is 6.30. The van der Waals surface area contributed by atoms with E-state index in [4.69, 9.17) is 11.6 Å². The van der Waals surface area contributed by atoms with Crippen LogP contribution in [0.3, 0.4) is 0 Å². The first-order chi connectivity index (χ1) is 13.8. The average Bonchev–Trinajstić information content (AvgIpc) is 3.04. The van der Waals surface area contributed by atoms with Gasteiger partial charge in [0.25, 0.3) is 5.91 Å². The zero-order valence-electron chi connectivity index (χ0n) is 16.2. The van der Waals surface area contributed by atoms with Gasteiger partial charge in [-0.25, -0.2) is 4.98 Å². The van der Waals surface area contributed by atoms with Crippen molar-refractivity contribution in [2.45, 2.75) is 31.8 Å². The Kier molecular flexibility index (Phi) is 4.78. The zero-order chi connectivity index (χ0) is 20.8. The molecular weight excluding hydrogens is 392 g/mol. The first kappa shape index (κ1) is 19.4. The van der Waals surface area contributed by atoms with Gasteiger partial charge in [0.1, 0.15) is 12.4 Å². The summed E-state index contributed by atoms with van der Waals surface area (Å²) in [4.78, 5) is 48.5. The van der Waals surface area contributed by atoms with Gasteiger partial charge in [0, 0.05) is 22.9 Å². The molecule has 7 nitrogen and oxygen atoms in total. The molecule has 2 saturated heterocycles. The monoisotopic (exact) mass is 412 g/mol. The quantitative estimate of drug-likeness (QED) is 0.776. The molecule has 0 bridgehead atoms. The summed E-state index contributed by atoms with van der Waals surface area (Å²) in [5.41, 5.74) is -0.769. The number of carbonyl (C=O) groups excluding carboxylic acids is 3. The van der Waals surface area contributed by atoms with Crippen molar-refractivity contribution in [3.63, 3.8) is 0 Å². The molecule has 4 rings (SSSR count). The van der Waals surface area contributed by atoms with Crippen molar-refractivity contribution < 1.29 is 14.4 Å². The van der Waals surface area contributed by atoms with E-state index in [-0.39, 0.29) is 43.3 Å². The van der Waals surface area contributed by atoms with E-state index in [2.05, 4.69) is 4.98 Å². The second kappa shape index (κ2) is 7.15. The first-order valence-electron chi connectivity index (χ1n) is 9.44. The molecule has 2 aromatic rings. The topological polar surface area (TPSA) is 73.8 Å². The Morgan fingerprint density at radius 3 is 2.38 bits per heavy atom. The fraction of sp³-hybridized carbons (Fsp3) is 0.333. The highest BCUT2D eigenvalue weighted by Gasteiger charge is 2.60. The molecule has 1 atom stereocenters. The van der Waals surface area contributed by atoms with Crippen LogP contribution in [0.25, 0.3) is 0 Å². The number of carbonyl (C=O) groups is 3. The molecule has 0 aliphatic carbocycles. The van der Waals surface area contributed by atoms with Gasteiger partial charge in [-0.1, -0.05) is 17.7 Å². The largest absolute Gasteiger partial charge is 0.329 e. The van der Waals surface area contributed by atoms with Gasteiger partial charge >= 0.3 is 0 Å². The third-order valence-electron chi connectivity index (χ3n) is 5.44. The molecule has 0 N–H and O–H groups in total. The Morgan fingerprint density at radius 1 is 1.03 bits per heavy atom. The van der Waals surface area contributed by atoms with Crippen molar-refractivity contribution in [2.24, 2.45) is 0 Å². The SMILES string of the molecule is CC(C)N1CC(=O)N(c2ccc(Cl)cc2)C2(CC(=O)N(c3ccccn3)C2)C1=O. The van der Waals surface area contributed by atoms with Gasteiger partial charge < -0.3 is 4.90 Å². The molecule has 3 heterocycles. The molecular formula is C21H21ClN4O3. The zero-order valence-corrected chi connectivity index (χ0v) is 17.0. The van der Waals surface area contributed by atoms with E-state index < -0.39 is 5.54 Å². The number of aromatic nitrogens is 1. The van der Waals surface area contributed by atoms with E-state index in [1.165, 1.54) is 9.80 Å². The third-order valence-corrected chi connectivity index (χ3v) is 5.69. The van der Waals surface area contributed by atoms with E-state index in [0.29, 0.717) is 16.5 Å². The number of amides is 3. The second-order valence-electron chi connectivity index (χ2n) is 7.61. The van der Waals surface area contributed by atoms with Crippen molar-refractivity contribution in [3.05, 3.63) is 53.7 Å². The number of nitrogens with zero attached hydrogens (tertiary/aromatic N) is 4. The van der Waals surface area contributed by atoms with Crippen LogP contribution < -0.4 is 9.80 Å². The van der Waals surface area contributed by atoms with Gasteiger partial charge in [-0.3, -0.25) is 24.2 Å². The Labute approximate surface area is 173 Å². The van der Waals surface area contributed by atoms with Gasteiger partial charge in [0.2, 0.25) is 11.8 Å². The van der Waals surface area contributed by atoms with E-state index in [9.17, 15) is 14.4 Å². The highest BCUT2D eigenvalue weighted by atomic mass is 35.5. The van der Waals surface area contributed by atoms with E-state index in [0.717, 1.165) is 0 Å². The van der Waals surface area contributed by atoms with Gasteiger partial charge in [0.05, 0.1) is 13.0 Å². The fourth-order valence-corrected chi connectivity index (χ4v) is 4.18. The summed E-state index contributed by atoms with van der Waals surface area (Å²) in [6.07, 6.45) is 1.50. The lowest BCUT2D eigenvalue weighted by Crippen LogP contribution is -2.70.